The normalized spacial score (nSPS) is 10.5. The van der Waals surface area contributed by atoms with Gasteiger partial charge in [0.1, 0.15) is 0 Å². The van der Waals surface area contributed by atoms with E-state index in [1.807, 2.05) is 32.3 Å². The minimum absolute atomic E-state index is 0.226. The third kappa shape index (κ3) is 5.48. The molecule has 0 atom stereocenters. The van der Waals surface area contributed by atoms with Crippen LogP contribution in [0.5, 0.6) is 0 Å². The van der Waals surface area contributed by atoms with Crippen molar-refractivity contribution in [2.75, 3.05) is 32.5 Å². The van der Waals surface area contributed by atoms with Crippen LogP contribution in [0.1, 0.15) is 27.1 Å². The first-order chi connectivity index (χ1) is 11.6. The van der Waals surface area contributed by atoms with Crippen LogP contribution in [0.25, 0.3) is 0 Å². The molecule has 0 saturated heterocycles. The number of hydrogen-bond donors (Lipinski definition) is 2. The highest BCUT2D eigenvalue weighted by Crippen LogP contribution is 2.09. The van der Waals surface area contributed by atoms with Crippen molar-refractivity contribution < 1.29 is 9.59 Å². The quantitative estimate of drug-likeness (QED) is 0.763. The van der Waals surface area contributed by atoms with Gasteiger partial charge in [-0.25, -0.2) is 0 Å². The van der Waals surface area contributed by atoms with E-state index in [-0.39, 0.29) is 11.8 Å². The van der Waals surface area contributed by atoms with Gasteiger partial charge in [0, 0.05) is 24.6 Å². The van der Waals surface area contributed by atoms with Crippen LogP contribution in [0, 0.1) is 0 Å². The van der Waals surface area contributed by atoms with Crippen molar-refractivity contribution in [2.24, 2.45) is 0 Å². The largest absolute Gasteiger partial charge is 0.352 e. The van der Waals surface area contributed by atoms with Gasteiger partial charge in [0.05, 0.1) is 11.1 Å². The van der Waals surface area contributed by atoms with E-state index in [0.29, 0.717) is 23.4 Å². The van der Waals surface area contributed by atoms with E-state index in [9.17, 15) is 9.59 Å². The Morgan fingerprint density at radius 1 is 1.04 bits per heavy atom. The van der Waals surface area contributed by atoms with Crippen molar-refractivity contribution in [1.29, 1.82) is 0 Å². The van der Waals surface area contributed by atoms with Crippen molar-refractivity contribution in [3.05, 3.63) is 59.9 Å². The highest BCUT2D eigenvalue weighted by molar-refractivity contribution is 6.05. The second-order valence-corrected chi connectivity index (χ2v) is 5.70. The summed E-state index contributed by atoms with van der Waals surface area (Å²) in [6.45, 7) is 1.48. The van der Waals surface area contributed by atoms with Crippen LogP contribution in [-0.2, 0) is 0 Å². The summed E-state index contributed by atoms with van der Waals surface area (Å²) >= 11 is 0. The minimum atomic E-state index is -0.295. The molecule has 1 aromatic carbocycles. The third-order valence-electron chi connectivity index (χ3n) is 3.36. The number of amides is 2. The molecule has 2 aromatic rings. The number of pyridine rings is 1. The molecule has 0 fully saturated rings. The van der Waals surface area contributed by atoms with Crippen molar-refractivity contribution in [1.82, 2.24) is 15.2 Å². The number of benzene rings is 1. The summed E-state index contributed by atoms with van der Waals surface area (Å²) in [5, 5.41) is 5.61. The van der Waals surface area contributed by atoms with Gasteiger partial charge >= 0.3 is 0 Å². The molecule has 0 unspecified atom stereocenters. The van der Waals surface area contributed by atoms with Crippen molar-refractivity contribution >= 4 is 17.5 Å². The van der Waals surface area contributed by atoms with Gasteiger partial charge in [0.25, 0.3) is 11.8 Å². The standard InChI is InChI=1S/C18H22N4O2/c1-22(2)10-6-9-20-17(23)14-11-15(13-19-12-14)18(24)21-16-7-4-3-5-8-16/h3-5,7-8,11-13H,6,9-10H2,1-2H3,(H,20,23)(H,21,24). The monoisotopic (exact) mass is 326 g/mol. The van der Waals surface area contributed by atoms with E-state index in [1.165, 1.54) is 12.4 Å². The molecular weight excluding hydrogens is 304 g/mol. The van der Waals surface area contributed by atoms with E-state index < -0.39 is 0 Å². The van der Waals surface area contributed by atoms with Gasteiger partial charge in [-0.1, -0.05) is 18.2 Å². The van der Waals surface area contributed by atoms with E-state index in [1.54, 1.807) is 18.2 Å². The van der Waals surface area contributed by atoms with E-state index in [2.05, 4.69) is 20.5 Å². The van der Waals surface area contributed by atoms with Crippen molar-refractivity contribution in [3.63, 3.8) is 0 Å². The number of carbonyl (C=O) groups excluding carboxylic acids is 2. The molecule has 1 aromatic heterocycles. The SMILES string of the molecule is CN(C)CCCNC(=O)c1cncc(C(=O)Nc2ccccc2)c1. The first-order valence-electron chi connectivity index (χ1n) is 7.80. The van der Waals surface area contributed by atoms with Gasteiger partial charge in [-0.3, -0.25) is 14.6 Å². The van der Waals surface area contributed by atoms with Crippen LogP contribution in [-0.4, -0.2) is 48.9 Å². The Labute approximate surface area is 141 Å². The Hall–Kier alpha value is -2.73. The summed E-state index contributed by atoms with van der Waals surface area (Å²) in [7, 11) is 3.97. The minimum Gasteiger partial charge on any atom is -0.352 e. The Morgan fingerprint density at radius 3 is 2.38 bits per heavy atom. The van der Waals surface area contributed by atoms with Crippen LogP contribution >= 0.6 is 0 Å². The van der Waals surface area contributed by atoms with E-state index in [4.69, 9.17) is 0 Å². The molecule has 0 spiro atoms. The summed E-state index contributed by atoms with van der Waals surface area (Å²) < 4.78 is 0. The van der Waals surface area contributed by atoms with Crippen LogP contribution in [0.4, 0.5) is 5.69 Å². The van der Waals surface area contributed by atoms with E-state index in [0.717, 1.165) is 13.0 Å². The lowest BCUT2D eigenvalue weighted by Gasteiger charge is -2.10. The fourth-order valence-corrected chi connectivity index (χ4v) is 2.11. The molecule has 0 aliphatic carbocycles. The average Bonchev–Trinajstić information content (AvgIpc) is 2.59. The molecule has 1 heterocycles. The third-order valence-corrected chi connectivity index (χ3v) is 3.36. The molecule has 6 heteroatoms. The Kier molecular flexibility index (Phi) is 6.45. The summed E-state index contributed by atoms with van der Waals surface area (Å²) in [6.07, 6.45) is 3.77. The second-order valence-electron chi connectivity index (χ2n) is 5.70. The summed E-state index contributed by atoms with van der Waals surface area (Å²) in [4.78, 5) is 30.4. The summed E-state index contributed by atoms with van der Waals surface area (Å²) in [5.41, 5.74) is 1.42. The molecule has 0 bridgehead atoms. The van der Waals surface area contributed by atoms with Crippen molar-refractivity contribution in [3.8, 4) is 0 Å². The molecule has 2 rings (SSSR count). The number of rotatable bonds is 7. The molecule has 126 valence electrons. The number of nitrogens with one attached hydrogen (secondary N) is 2. The maximum atomic E-state index is 12.2. The fraction of sp³-hybridized carbons (Fsp3) is 0.278. The number of anilines is 1. The highest BCUT2D eigenvalue weighted by atomic mass is 16.2. The predicted octanol–water partition coefficient (Wildman–Crippen LogP) is 2.02. The molecule has 0 aliphatic heterocycles. The summed E-state index contributed by atoms with van der Waals surface area (Å²) in [6, 6.07) is 10.7. The second kappa shape index (κ2) is 8.79. The van der Waals surface area contributed by atoms with Crippen LogP contribution in [0.2, 0.25) is 0 Å². The molecule has 0 saturated carbocycles. The van der Waals surface area contributed by atoms with Crippen molar-refractivity contribution in [2.45, 2.75) is 6.42 Å². The maximum absolute atomic E-state index is 12.2. The van der Waals surface area contributed by atoms with Crippen LogP contribution in [0.15, 0.2) is 48.8 Å². The van der Waals surface area contributed by atoms with E-state index >= 15 is 0 Å². The highest BCUT2D eigenvalue weighted by Gasteiger charge is 2.11. The van der Waals surface area contributed by atoms with Crippen LogP contribution in [0.3, 0.4) is 0 Å². The average molecular weight is 326 g/mol. The molecular formula is C18H22N4O2. The van der Waals surface area contributed by atoms with Gasteiger partial charge in [0.2, 0.25) is 0 Å². The number of hydrogen-bond acceptors (Lipinski definition) is 4. The number of para-hydroxylation sites is 1. The molecule has 6 nitrogen and oxygen atoms in total. The molecule has 24 heavy (non-hydrogen) atoms. The predicted molar refractivity (Wildman–Crippen MR) is 94.1 cm³/mol. The van der Waals surface area contributed by atoms with Crippen LogP contribution < -0.4 is 10.6 Å². The first kappa shape index (κ1) is 17.6. The van der Waals surface area contributed by atoms with Gasteiger partial charge in [-0.05, 0) is 45.3 Å². The molecule has 0 radical (unpaired) electrons. The van der Waals surface area contributed by atoms with Gasteiger partial charge in [-0.15, -0.1) is 0 Å². The number of carbonyl (C=O) groups is 2. The lowest BCUT2D eigenvalue weighted by atomic mass is 10.1. The zero-order valence-corrected chi connectivity index (χ0v) is 14.0. The zero-order chi connectivity index (χ0) is 17.4. The molecule has 0 aliphatic rings. The number of nitrogens with zero attached hydrogens (tertiary/aromatic N) is 2. The molecule has 2 N–H and O–H groups in total. The first-order valence-corrected chi connectivity index (χ1v) is 7.80. The Morgan fingerprint density at radius 2 is 1.71 bits per heavy atom. The van der Waals surface area contributed by atoms with Gasteiger partial charge in [0.15, 0.2) is 0 Å². The van der Waals surface area contributed by atoms with Gasteiger partial charge < -0.3 is 15.5 Å². The topological polar surface area (TPSA) is 74.3 Å². The maximum Gasteiger partial charge on any atom is 0.257 e. The molecule has 2 amide bonds. The Bertz CT molecular complexity index is 686. The Balaban J connectivity index is 1.95. The smallest absolute Gasteiger partial charge is 0.257 e. The fourth-order valence-electron chi connectivity index (χ4n) is 2.11. The van der Waals surface area contributed by atoms with Gasteiger partial charge in [-0.2, -0.15) is 0 Å². The number of aromatic nitrogens is 1. The lowest BCUT2D eigenvalue weighted by Crippen LogP contribution is -2.27. The lowest BCUT2D eigenvalue weighted by molar-refractivity contribution is 0.0952. The summed E-state index contributed by atoms with van der Waals surface area (Å²) in [5.74, 6) is -0.522. The zero-order valence-electron chi connectivity index (χ0n) is 14.0.